The second kappa shape index (κ2) is 3.12. The van der Waals surface area contributed by atoms with Crippen LogP contribution in [0.3, 0.4) is 0 Å². The van der Waals surface area contributed by atoms with Crippen LogP contribution < -0.4 is 5.32 Å². The van der Waals surface area contributed by atoms with Crippen molar-refractivity contribution in [1.82, 2.24) is 5.32 Å². The van der Waals surface area contributed by atoms with Crippen LogP contribution >= 0.6 is 0 Å². The maximum atomic E-state index is 4.02. The van der Waals surface area contributed by atoms with Crippen molar-refractivity contribution in [2.24, 2.45) is 0 Å². The lowest BCUT2D eigenvalue weighted by Gasteiger charge is -2.30. The molecule has 0 bridgehead atoms. The Balaban J connectivity index is 2.69. The second-order valence-corrected chi connectivity index (χ2v) is 3.42. The quantitative estimate of drug-likeness (QED) is 0.611. The van der Waals surface area contributed by atoms with Gasteiger partial charge in [0.05, 0.1) is 5.54 Å². The van der Waals surface area contributed by atoms with Gasteiger partial charge in [-0.1, -0.05) is 31.6 Å². The van der Waals surface area contributed by atoms with Crippen LogP contribution in [-0.2, 0) is 0 Å². The third-order valence-corrected chi connectivity index (χ3v) is 2.65. The summed E-state index contributed by atoms with van der Waals surface area (Å²) >= 11 is 0. The molecule has 11 heavy (non-hydrogen) atoms. The van der Waals surface area contributed by atoms with Gasteiger partial charge >= 0.3 is 0 Å². The van der Waals surface area contributed by atoms with Crippen LogP contribution in [0, 0.1) is 0 Å². The first-order valence-corrected chi connectivity index (χ1v) is 4.26. The summed E-state index contributed by atoms with van der Waals surface area (Å²) in [5.74, 6) is 0. The minimum atomic E-state index is 0.182. The van der Waals surface area contributed by atoms with Gasteiger partial charge in [0.2, 0.25) is 0 Å². The van der Waals surface area contributed by atoms with Crippen LogP contribution in [0.1, 0.15) is 32.6 Å². The van der Waals surface area contributed by atoms with Crippen LogP contribution in [0.25, 0.3) is 0 Å². The van der Waals surface area contributed by atoms with Gasteiger partial charge in [-0.25, -0.2) is 0 Å². The van der Waals surface area contributed by atoms with E-state index in [1.165, 1.54) is 31.3 Å². The van der Waals surface area contributed by atoms with Gasteiger partial charge in [0.15, 0.2) is 0 Å². The molecule has 1 fully saturated rings. The van der Waals surface area contributed by atoms with Crippen LogP contribution in [0.15, 0.2) is 24.9 Å². The van der Waals surface area contributed by atoms with E-state index in [2.05, 4.69) is 25.4 Å². The van der Waals surface area contributed by atoms with Crippen molar-refractivity contribution >= 4 is 0 Å². The largest absolute Gasteiger partial charge is 0.382 e. The van der Waals surface area contributed by atoms with Crippen molar-refractivity contribution in [3.05, 3.63) is 24.9 Å². The molecule has 0 aromatic rings. The lowest BCUT2D eigenvalue weighted by Crippen LogP contribution is -2.39. The fourth-order valence-corrected chi connectivity index (χ4v) is 1.87. The molecule has 1 rings (SSSR count). The standard InChI is InChI=1S/C10H17N/c1-4-11-10(9(2)3)7-5-6-8-10/h4,11H,1-2,5-8H2,3H3. The molecule has 0 unspecified atom stereocenters. The first kappa shape index (κ1) is 8.38. The summed E-state index contributed by atoms with van der Waals surface area (Å²) in [7, 11) is 0. The zero-order valence-corrected chi connectivity index (χ0v) is 7.32. The minimum absolute atomic E-state index is 0.182. The molecule has 1 N–H and O–H groups in total. The Labute approximate surface area is 69.2 Å². The van der Waals surface area contributed by atoms with Crippen LogP contribution in [0.5, 0.6) is 0 Å². The van der Waals surface area contributed by atoms with Gasteiger partial charge in [-0.3, -0.25) is 0 Å². The van der Waals surface area contributed by atoms with E-state index in [-0.39, 0.29) is 5.54 Å². The summed E-state index contributed by atoms with van der Waals surface area (Å²) in [4.78, 5) is 0. The summed E-state index contributed by atoms with van der Waals surface area (Å²) in [5.41, 5.74) is 1.43. The molecule has 1 nitrogen and oxygen atoms in total. The van der Waals surface area contributed by atoms with Gasteiger partial charge in [0.25, 0.3) is 0 Å². The molecule has 1 aliphatic carbocycles. The Kier molecular flexibility index (Phi) is 2.38. The molecule has 0 atom stereocenters. The maximum absolute atomic E-state index is 4.02. The Hall–Kier alpha value is -0.720. The molecule has 1 heteroatoms. The van der Waals surface area contributed by atoms with Crippen molar-refractivity contribution in [3.63, 3.8) is 0 Å². The SMILES string of the molecule is C=CNC1(C(=C)C)CCCC1. The van der Waals surface area contributed by atoms with Crippen LogP contribution in [0.4, 0.5) is 0 Å². The highest BCUT2D eigenvalue weighted by molar-refractivity contribution is 5.17. The number of hydrogen-bond acceptors (Lipinski definition) is 1. The van der Waals surface area contributed by atoms with E-state index in [0.29, 0.717) is 0 Å². The smallest absolute Gasteiger partial charge is 0.0574 e. The number of hydrogen-bond donors (Lipinski definition) is 1. The van der Waals surface area contributed by atoms with Gasteiger partial charge in [0, 0.05) is 0 Å². The van der Waals surface area contributed by atoms with Crippen LogP contribution in [-0.4, -0.2) is 5.54 Å². The normalized spacial score (nSPS) is 21.2. The van der Waals surface area contributed by atoms with Crippen molar-refractivity contribution in [2.75, 3.05) is 0 Å². The maximum Gasteiger partial charge on any atom is 0.0574 e. The first-order valence-electron chi connectivity index (χ1n) is 4.26. The Bertz CT molecular complexity index is 164. The van der Waals surface area contributed by atoms with E-state index in [1.807, 2.05) is 0 Å². The number of nitrogens with one attached hydrogen (secondary N) is 1. The fraction of sp³-hybridized carbons (Fsp3) is 0.600. The monoisotopic (exact) mass is 151 g/mol. The van der Waals surface area contributed by atoms with E-state index in [0.717, 1.165) is 0 Å². The van der Waals surface area contributed by atoms with Crippen molar-refractivity contribution < 1.29 is 0 Å². The molecule has 0 saturated heterocycles. The molecule has 0 aromatic carbocycles. The summed E-state index contributed by atoms with van der Waals surface area (Å²) in [5, 5.41) is 3.32. The van der Waals surface area contributed by atoms with Gasteiger partial charge in [-0.05, 0) is 26.0 Å². The molecule has 0 amide bonds. The first-order chi connectivity index (χ1) is 5.21. The molecule has 0 aliphatic heterocycles. The number of rotatable bonds is 3. The van der Waals surface area contributed by atoms with E-state index in [4.69, 9.17) is 0 Å². The third-order valence-electron chi connectivity index (χ3n) is 2.65. The zero-order valence-electron chi connectivity index (χ0n) is 7.32. The molecule has 1 saturated carbocycles. The van der Waals surface area contributed by atoms with Crippen molar-refractivity contribution in [3.8, 4) is 0 Å². The molecule has 0 spiro atoms. The van der Waals surface area contributed by atoms with E-state index >= 15 is 0 Å². The van der Waals surface area contributed by atoms with E-state index in [1.54, 1.807) is 6.20 Å². The zero-order chi connectivity index (χ0) is 8.32. The summed E-state index contributed by atoms with van der Waals surface area (Å²) in [6.07, 6.45) is 6.85. The molecule has 0 aromatic heterocycles. The molecular weight excluding hydrogens is 134 g/mol. The fourth-order valence-electron chi connectivity index (χ4n) is 1.87. The third kappa shape index (κ3) is 1.47. The van der Waals surface area contributed by atoms with Crippen molar-refractivity contribution in [2.45, 2.75) is 38.1 Å². The highest BCUT2D eigenvalue weighted by Gasteiger charge is 2.32. The molecule has 62 valence electrons. The predicted octanol–water partition coefficient (Wildman–Crippen LogP) is 2.61. The molecule has 0 heterocycles. The Morgan fingerprint density at radius 3 is 2.36 bits per heavy atom. The topological polar surface area (TPSA) is 12.0 Å². The molecule has 1 aliphatic rings. The average molecular weight is 151 g/mol. The second-order valence-electron chi connectivity index (χ2n) is 3.42. The molecule has 0 radical (unpaired) electrons. The van der Waals surface area contributed by atoms with Gasteiger partial charge in [-0.2, -0.15) is 0 Å². The summed E-state index contributed by atoms with van der Waals surface area (Å²) < 4.78 is 0. The summed E-state index contributed by atoms with van der Waals surface area (Å²) in [6, 6.07) is 0. The average Bonchev–Trinajstić information content (AvgIpc) is 2.38. The van der Waals surface area contributed by atoms with Crippen molar-refractivity contribution in [1.29, 1.82) is 0 Å². The lowest BCUT2D eigenvalue weighted by molar-refractivity contribution is 0.444. The lowest BCUT2D eigenvalue weighted by atomic mass is 9.90. The van der Waals surface area contributed by atoms with Crippen LogP contribution in [0.2, 0.25) is 0 Å². The van der Waals surface area contributed by atoms with E-state index in [9.17, 15) is 0 Å². The predicted molar refractivity (Wildman–Crippen MR) is 49.3 cm³/mol. The summed E-state index contributed by atoms with van der Waals surface area (Å²) in [6.45, 7) is 9.82. The van der Waals surface area contributed by atoms with Gasteiger partial charge in [-0.15, -0.1) is 0 Å². The Morgan fingerprint density at radius 1 is 1.45 bits per heavy atom. The highest BCUT2D eigenvalue weighted by Crippen LogP contribution is 2.34. The van der Waals surface area contributed by atoms with Gasteiger partial charge < -0.3 is 5.32 Å². The van der Waals surface area contributed by atoms with E-state index < -0.39 is 0 Å². The van der Waals surface area contributed by atoms with Gasteiger partial charge in [0.1, 0.15) is 0 Å². The highest BCUT2D eigenvalue weighted by atomic mass is 15.0. The minimum Gasteiger partial charge on any atom is -0.382 e. The Morgan fingerprint density at radius 2 is 2.00 bits per heavy atom. The molecular formula is C10H17N.